The van der Waals surface area contributed by atoms with Crippen LogP contribution in [0, 0.1) is 5.92 Å². The molecule has 0 aromatic heterocycles. The highest BCUT2D eigenvalue weighted by Crippen LogP contribution is 2.36. The molecule has 5 nitrogen and oxygen atoms in total. The van der Waals surface area contributed by atoms with Crippen LogP contribution in [-0.2, 0) is 27.7 Å². The van der Waals surface area contributed by atoms with Crippen molar-refractivity contribution in [2.24, 2.45) is 11.7 Å². The molecule has 0 aliphatic carbocycles. The minimum Gasteiger partial charge on any atom is -0.368 e. The molecule has 6 heteroatoms. The molecule has 0 saturated carbocycles. The summed E-state index contributed by atoms with van der Waals surface area (Å²) in [5.41, 5.74) is 7.90. The van der Waals surface area contributed by atoms with Crippen LogP contribution in [0.4, 0.5) is 5.69 Å². The van der Waals surface area contributed by atoms with Crippen molar-refractivity contribution >= 4 is 21.6 Å². The van der Waals surface area contributed by atoms with E-state index in [1.54, 1.807) is 24.3 Å². The summed E-state index contributed by atoms with van der Waals surface area (Å²) in [6.45, 7) is 4.23. The molecular formula is C19H22N2O3S. The average Bonchev–Trinajstić information content (AvgIpc) is 2.95. The summed E-state index contributed by atoms with van der Waals surface area (Å²) in [5, 5.41) is 0. The van der Waals surface area contributed by atoms with E-state index < -0.39 is 22.0 Å². The highest BCUT2D eigenvalue weighted by Gasteiger charge is 2.41. The van der Waals surface area contributed by atoms with Crippen LogP contribution < -0.4 is 10.0 Å². The van der Waals surface area contributed by atoms with Gasteiger partial charge >= 0.3 is 0 Å². The van der Waals surface area contributed by atoms with E-state index in [1.165, 1.54) is 4.31 Å². The van der Waals surface area contributed by atoms with Crippen molar-refractivity contribution in [3.05, 3.63) is 59.7 Å². The fraction of sp³-hybridized carbons (Fsp3) is 0.316. The van der Waals surface area contributed by atoms with E-state index in [0.29, 0.717) is 18.0 Å². The maximum absolute atomic E-state index is 13.2. The topological polar surface area (TPSA) is 80.5 Å². The normalized spacial score (nSPS) is 16.9. The standard InChI is InChI=1S/C19H22N2O3S/c1-13(2)11-14-7-9-16(10-8-14)25(23,24)21-17-6-4-3-5-15(17)12-18(21)19(20)22/h3-10,13,18H,11-12H2,1-2H3,(H2,20,22)/t18-/m0/s1. The zero-order valence-electron chi connectivity index (χ0n) is 14.3. The van der Waals surface area contributed by atoms with Gasteiger partial charge in [0.2, 0.25) is 5.91 Å². The van der Waals surface area contributed by atoms with Crippen LogP contribution >= 0.6 is 0 Å². The number of para-hydroxylation sites is 1. The van der Waals surface area contributed by atoms with Crippen molar-refractivity contribution in [1.82, 2.24) is 0 Å². The minimum atomic E-state index is -3.86. The maximum Gasteiger partial charge on any atom is 0.265 e. The summed E-state index contributed by atoms with van der Waals surface area (Å²) in [6, 6.07) is 13.1. The van der Waals surface area contributed by atoms with E-state index in [2.05, 4.69) is 13.8 Å². The van der Waals surface area contributed by atoms with Crippen LogP contribution in [0.25, 0.3) is 0 Å². The van der Waals surface area contributed by atoms with Gasteiger partial charge in [-0.05, 0) is 41.7 Å². The molecule has 0 bridgehead atoms. The van der Waals surface area contributed by atoms with Crippen LogP contribution in [0.5, 0.6) is 0 Å². The number of hydrogen-bond donors (Lipinski definition) is 1. The molecule has 0 fully saturated rings. The summed E-state index contributed by atoms with van der Waals surface area (Å²) < 4.78 is 27.5. The number of benzene rings is 2. The Morgan fingerprint density at radius 1 is 1.16 bits per heavy atom. The second-order valence-electron chi connectivity index (χ2n) is 6.79. The highest BCUT2D eigenvalue weighted by molar-refractivity contribution is 7.93. The average molecular weight is 358 g/mol. The van der Waals surface area contributed by atoms with E-state index in [1.807, 2.05) is 24.3 Å². The van der Waals surface area contributed by atoms with Crippen LogP contribution in [0.15, 0.2) is 53.4 Å². The molecule has 2 N–H and O–H groups in total. The lowest BCUT2D eigenvalue weighted by Gasteiger charge is -2.25. The van der Waals surface area contributed by atoms with Crippen molar-refractivity contribution in [1.29, 1.82) is 0 Å². The summed E-state index contributed by atoms with van der Waals surface area (Å²) in [5.74, 6) is -0.150. The van der Waals surface area contributed by atoms with Gasteiger partial charge in [-0.15, -0.1) is 0 Å². The Morgan fingerprint density at radius 3 is 2.40 bits per heavy atom. The highest BCUT2D eigenvalue weighted by atomic mass is 32.2. The third kappa shape index (κ3) is 3.26. The van der Waals surface area contributed by atoms with Crippen molar-refractivity contribution in [2.45, 2.75) is 37.6 Å². The molecule has 1 heterocycles. The predicted molar refractivity (Wildman–Crippen MR) is 97.8 cm³/mol. The van der Waals surface area contributed by atoms with Crippen molar-refractivity contribution in [3.63, 3.8) is 0 Å². The number of amides is 1. The second kappa shape index (κ2) is 6.52. The summed E-state index contributed by atoms with van der Waals surface area (Å²) in [6.07, 6.45) is 1.19. The Labute approximate surface area is 148 Å². The Bertz CT molecular complexity index is 889. The number of carbonyl (C=O) groups excluding carboxylic acids is 1. The second-order valence-corrected chi connectivity index (χ2v) is 8.61. The van der Waals surface area contributed by atoms with Gasteiger partial charge in [0.1, 0.15) is 6.04 Å². The summed E-state index contributed by atoms with van der Waals surface area (Å²) >= 11 is 0. The summed E-state index contributed by atoms with van der Waals surface area (Å²) in [4.78, 5) is 12.0. The SMILES string of the molecule is CC(C)Cc1ccc(S(=O)(=O)N2c3ccccc3C[C@H]2C(N)=O)cc1. The third-order valence-corrected chi connectivity index (χ3v) is 6.21. The molecule has 25 heavy (non-hydrogen) atoms. The number of hydrogen-bond acceptors (Lipinski definition) is 3. The lowest BCUT2D eigenvalue weighted by Crippen LogP contribution is -2.45. The van der Waals surface area contributed by atoms with E-state index in [-0.39, 0.29) is 4.90 Å². The number of carbonyl (C=O) groups is 1. The first-order valence-corrected chi connectivity index (χ1v) is 9.75. The molecule has 0 radical (unpaired) electrons. The minimum absolute atomic E-state index is 0.169. The number of anilines is 1. The number of rotatable bonds is 5. The number of nitrogens with zero attached hydrogens (tertiary/aromatic N) is 1. The monoisotopic (exact) mass is 358 g/mol. The molecular weight excluding hydrogens is 336 g/mol. The van der Waals surface area contributed by atoms with Crippen molar-refractivity contribution in [3.8, 4) is 0 Å². The zero-order valence-corrected chi connectivity index (χ0v) is 15.2. The van der Waals surface area contributed by atoms with Gasteiger partial charge in [-0.25, -0.2) is 8.42 Å². The molecule has 1 aliphatic heterocycles. The van der Waals surface area contributed by atoms with E-state index in [4.69, 9.17) is 5.73 Å². The van der Waals surface area contributed by atoms with Crippen molar-refractivity contribution in [2.75, 3.05) is 4.31 Å². The number of nitrogens with two attached hydrogens (primary N) is 1. The van der Waals surface area contributed by atoms with Gasteiger partial charge in [-0.2, -0.15) is 0 Å². The Hall–Kier alpha value is -2.34. The lowest BCUT2D eigenvalue weighted by molar-refractivity contribution is -0.118. The largest absolute Gasteiger partial charge is 0.368 e. The molecule has 0 saturated heterocycles. The van der Waals surface area contributed by atoms with Gasteiger partial charge in [0.05, 0.1) is 10.6 Å². The van der Waals surface area contributed by atoms with E-state index in [0.717, 1.165) is 17.5 Å². The first-order chi connectivity index (χ1) is 11.8. The molecule has 1 aliphatic rings. The number of fused-ring (bicyclic) bond motifs is 1. The van der Waals surface area contributed by atoms with Crippen LogP contribution in [-0.4, -0.2) is 20.4 Å². The van der Waals surface area contributed by atoms with E-state index in [9.17, 15) is 13.2 Å². The lowest BCUT2D eigenvalue weighted by atomic mass is 10.0. The van der Waals surface area contributed by atoms with Crippen LogP contribution in [0.2, 0.25) is 0 Å². The van der Waals surface area contributed by atoms with Gasteiger partial charge in [-0.1, -0.05) is 44.2 Å². The van der Waals surface area contributed by atoms with Gasteiger partial charge in [-0.3, -0.25) is 9.10 Å². The van der Waals surface area contributed by atoms with Crippen LogP contribution in [0.1, 0.15) is 25.0 Å². The predicted octanol–water partition coefficient (Wildman–Crippen LogP) is 2.49. The summed E-state index contributed by atoms with van der Waals surface area (Å²) in [7, 11) is -3.86. The van der Waals surface area contributed by atoms with E-state index >= 15 is 0 Å². The first kappa shape index (κ1) is 17.5. The maximum atomic E-state index is 13.2. The molecule has 0 spiro atoms. The molecule has 3 rings (SSSR count). The smallest absolute Gasteiger partial charge is 0.265 e. The third-order valence-electron chi connectivity index (χ3n) is 4.38. The first-order valence-electron chi connectivity index (χ1n) is 8.31. The Kier molecular flexibility index (Phi) is 4.56. The van der Waals surface area contributed by atoms with Gasteiger partial charge in [0.25, 0.3) is 10.0 Å². The van der Waals surface area contributed by atoms with Crippen LogP contribution in [0.3, 0.4) is 0 Å². The number of primary amides is 1. The molecule has 1 amide bonds. The quantitative estimate of drug-likeness (QED) is 0.892. The molecule has 0 unspecified atom stereocenters. The van der Waals surface area contributed by atoms with Gasteiger partial charge in [0, 0.05) is 6.42 Å². The zero-order chi connectivity index (χ0) is 18.2. The van der Waals surface area contributed by atoms with Gasteiger partial charge < -0.3 is 5.73 Å². The fourth-order valence-electron chi connectivity index (χ4n) is 3.25. The fourth-order valence-corrected chi connectivity index (χ4v) is 4.91. The molecule has 2 aromatic rings. The molecule has 1 atom stereocenters. The van der Waals surface area contributed by atoms with Gasteiger partial charge in [0.15, 0.2) is 0 Å². The van der Waals surface area contributed by atoms with Crippen molar-refractivity contribution < 1.29 is 13.2 Å². The Balaban J connectivity index is 2.01. The molecule has 2 aromatic carbocycles. The number of sulfonamides is 1. The Morgan fingerprint density at radius 2 is 1.80 bits per heavy atom. The molecule has 132 valence electrons.